The minimum absolute atomic E-state index is 0.221. The van der Waals surface area contributed by atoms with Gasteiger partial charge in [0.2, 0.25) is 0 Å². The maximum Gasteiger partial charge on any atom is 0.262 e. The van der Waals surface area contributed by atoms with Crippen molar-refractivity contribution in [1.29, 1.82) is 0 Å². The van der Waals surface area contributed by atoms with Gasteiger partial charge in [0.05, 0.1) is 17.2 Å². The first-order chi connectivity index (χ1) is 11.6. The Morgan fingerprint density at radius 1 is 1.00 bits per heavy atom. The predicted molar refractivity (Wildman–Crippen MR) is 94.8 cm³/mol. The normalized spacial score (nSPS) is 11.4. The summed E-state index contributed by atoms with van der Waals surface area (Å²) in [5, 5.41) is 1.41. The fraction of sp³-hybridized carbons (Fsp3) is 0.167. The van der Waals surface area contributed by atoms with E-state index in [0.717, 1.165) is 11.8 Å². The molecular formula is C18H18N2O3S. The molecule has 0 saturated carbocycles. The highest BCUT2D eigenvalue weighted by Gasteiger charge is 2.19. The zero-order valence-corrected chi connectivity index (χ0v) is 14.1. The quantitative estimate of drug-likeness (QED) is 0.739. The van der Waals surface area contributed by atoms with Crippen LogP contribution in [0.4, 0.5) is 5.69 Å². The van der Waals surface area contributed by atoms with E-state index >= 15 is 0 Å². The number of nitrogens with zero attached hydrogens (tertiary/aromatic N) is 1. The van der Waals surface area contributed by atoms with Gasteiger partial charge in [-0.15, -0.1) is 0 Å². The Labute approximate surface area is 141 Å². The van der Waals surface area contributed by atoms with Crippen molar-refractivity contribution >= 4 is 26.5 Å². The van der Waals surface area contributed by atoms with E-state index in [1.54, 1.807) is 30.3 Å². The van der Waals surface area contributed by atoms with Gasteiger partial charge in [-0.3, -0.25) is 9.71 Å². The summed E-state index contributed by atoms with van der Waals surface area (Å²) in [4.78, 5) is 4.11. The van der Waals surface area contributed by atoms with E-state index in [2.05, 4.69) is 9.71 Å². The van der Waals surface area contributed by atoms with Crippen molar-refractivity contribution in [2.24, 2.45) is 0 Å². The molecule has 0 amide bonds. The Kier molecular flexibility index (Phi) is 4.66. The zero-order valence-electron chi connectivity index (χ0n) is 13.3. The van der Waals surface area contributed by atoms with Crippen molar-refractivity contribution in [1.82, 2.24) is 4.98 Å². The van der Waals surface area contributed by atoms with Gasteiger partial charge in [-0.05, 0) is 30.7 Å². The van der Waals surface area contributed by atoms with Crippen LogP contribution in [0.2, 0.25) is 0 Å². The van der Waals surface area contributed by atoms with Gasteiger partial charge < -0.3 is 4.74 Å². The molecule has 1 N–H and O–H groups in total. The first-order valence-corrected chi connectivity index (χ1v) is 9.17. The van der Waals surface area contributed by atoms with E-state index in [1.165, 1.54) is 12.4 Å². The molecule has 6 heteroatoms. The second kappa shape index (κ2) is 6.88. The van der Waals surface area contributed by atoms with Crippen LogP contribution in [-0.4, -0.2) is 20.0 Å². The Bertz CT molecular complexity index is 941. The fourth-order valence-electron chi connectivity index (χ4n) is 2.45. The highest BCUT2D eigenvalue weighted by Crippen LogP contribution is 2.32. The van der Waals surface area contributed by atoms with Crippen LogP contribution in [0, 0.1) is 0 Å². The van der Waals surface area contributed by atoms with E-state index < -0.39 is 10.0 Å². The van der Waals surface area contributed by atoms with Crippen LogP contribution in [0.3, 0.4) is 0 Å². The lowest BCUT2D eigenvalue weighted by molar-refractivity contribution is 0.321. The van der Waals surface area contributed by atoms with E-state index in [1.807, 2.05) is 25.1 Å². The van der Waals surface area contributed by atoms with Crippen molar-refractivity contribution < 1.29 is 13.2 Å². The second-order valence-corrected chi connectivity index (χ2v) is 6.95. The second-order valence-electron chi connectivity index (χ2n) is 5.30. The van der Waals surface area contributed by atoms with E-state index in [-0.39, 0.29) is 4.90 Å². The molecule has 1 aromatic heterocycles. The van der Waals surface area contributed by atoms with Gasteiger partial charge in [0.15, 0.2) is 0 Å². The molecule has 0 bridgehead atoms. The number of hydrogen-bond donors (Lipinski definition) is 1. The van der Waals surface area contributed by atoms with Crippen LogP contribution in [0.15, 0.2) is 65.8 Å². The minimum atomic E-state index is -3.71. The number of ether oxygens (including phenoxy) is 1. The van der Waals surface area contributed by atoms with Gasteiger partial charge in [-0.2, -0.15) is 0 Å². The molecule has 0 atom stereocenters. The molecule has 0 unspecified atom stereocenters. The highest BCUT2D eigenvalue weighted by molar-refractivity contribution is 7.93. The van der Waals surface area contributed by atoms with E-state index in [9.17, 15) is 8.42 Å². The summed E-state index contributed by atoms with van der Waals surface area (Å²) in [5.74, 6) is 0.690. The third-order valence-corrected chi connectivity index (χ3v) is 4.97. The molecule has 0 radical (unpaired) electrons. The SMILES string of the molecule is CCCOc1ccc(S(=O)(=O)Nc2ccncc2)c2ccccc12. The van der Waals surface area contributed by atoms with Gasteiger partial charge in [0.1, 0.15) is 5.75 Å². The van der Waals surface area contributed by atoms with E-state index in [4.69, 9.17) is 4.74 Å². The zero-order chi connectivity index (χ0) is 17.0. The van der Waals surface area contributed by atoms with Crippen molar-refractivity contribution in [2.45, 2.75) is 18.2 Å². The summed E-state index contributed by atoms with van der Waals surface area (Å²) < 4.78 is 33.8. The smallest absolute Gasteiger partial charge is 0.262 e. The van der Waals surface area contributed by atoms with Gasteiger partial charge in [0.25, 0.3) is 10.0 Å². The lowest BCUT2D eigenvalue weighted by atomic mass is 10.1. The molecule has 0 fully saturated rings. The lowest BCUT2D eigenvalue weighted by Crippen LogP contribution is -2.13. The van der Waals surface area contributed by atoms with Crippen molar-refractivity contribution in [3.8, 4) is 5.75 Å². The summed E-state index contributed by atoms with van der Waals surface area (Å²) in [6.45, 7) is 2.62. The van der Waals surface area contributed by atoms with Crippen LogP contribution in [0.1, 0.15) is 13.3 Å². The Morgan fingerprint density at radius 3 is 2.42 bits per heavy atom. The van der Waals surface area contributed by atoms with Gasteiger partial charge in [-0.25, -0.2) is 8.42 Å². The maximum absolute atomic E-state index is 12.8. The molecule has 24 heavy (non-hydrogen) atoms. The molecule has 0 aliphatic carbocycles. The monoisotopic (exact) mass is 342 g/mol. The number of nitrogens with one attached hydrogen (secondary N) is 1. The largest absolute Gasteiger partial charge is 0.493 e. The van der Waals surface area contributed by atoms with Crippen molar-refractivity contribution in [3.63, 3.8) is 0 Å². The van der Waals surface area contributed by atoms with Crippen LogP contribution in [0.25, 0.3) is 10.8 Å². The predicted octanol–water partition coefficient (Wildman–Crippen LogP) is 3.82. The number of anilines is 1. The number of aromatic nitrogens is 1. The van der Waals surface area contributed by atoms with Crippen LogP contribution >= 0.6 is 0 Å². The number of hydrogen-bond acceptors (Lipinski definition) is 4. The van der Waals surface area contributed by atoms with Crippen LogP contribution in [0.5, 0.6) is 5.75 Å². The number of rotatable bonds is 6. The Balaban J connectivity index is 2.06. The molecule has 0 spiro atoms. The number of benzene rings is 2. The molecule has 124 valence electrons. The molecule has 0 aliphatic heterocycles. The van der Waals surface area contributed by atoms with Crippen LogP contribution < -0.4 is 9.46 Å². The van der Waals surface area contributed by atoms with Crippen molar-refractivity contribution in [2.75, 3.05) is 11.3 Å². The van der Waals surface area contributed by atoms with Crippen LogP contribution in [-0.2, 0) is 10.0 Å². The molecule has 3 rings (SSSR count). The van der Waals surface area contributed by atoms with E-state index in [0.29, 0.717) is 23.4 Å². The average molecular weight is 342 g/mol. The number of fused-ring (bicyclic) bond motifs is 1. The minimum Gasteiger partial charge on any atom is -0.493 e. The summed E-state index contributed by atoms with van der Waals surface area (Å²) in [7, 11) is -3.71. The topological polar surface area (TPSA) is 68.3 Å². The molecule has 0 aliphatic rings. The summed E-state index contributed by atoms with van der Waals surface area (Å²) in [5.41, 5.74) is 0.473. The lowest BCUT2D eigenvalue weighted by Gasteiger charge is -2.13. The maximum atomic E-state index is 12.8. The number of sulfonamides is 1. The summed E-state index contributed by atoms with van der Waals surface area (Å²) in [6.07, 6.45) is 3.97. The average Bonchev–Trinajstić information content (AvgIpc) is 2.60. The molecule has 5 nitrogen and oxygen atoms in total. The molecule has 2 aromatic carbocycles. The van der Waals surface area contributed by atoms with Gasteiger partial charge in [-0.1, -0.05) is 31.2 Å². The van der Waals surface area contributed by atoms with Gasteiger partial charge >= 0.3 is 0 Å². The Hall–Kier alpha value is -2.60. The standard InChI is InChI=1S/C18H18N2O3S/c1-2-13-23-17-7-8-18(16-6-4-3-5-15(16)17)24(21,22)20-14-9-11-19-12-10-14/h3-12H,2,13H2,1H3,(H,19,20). The molecule has 0 saturated heterocycles. The summed E-state index contributed by atoms with van der Waals surface area (Å²) >= 11 is 0. The molecule has 3 aromatic rings. The molecule has 1 heterocycles. The third kappa shape index (κ3) is 3.33. The fourth-order valence-corrected chi connectivity index (χ4v) is 3.72. The number of pyridine rings is 1. The molecular weight excluding hydrogens is 324 g/mol. The summed E-state index contributed by atoms with van der Waals surface area (Å²) in [6, 6.07) is 13.8. The first-order valence-electron chi connectivity index (χ1n) is 7.69. The highest BCUT2D eigenvalue weighted by atomic mass is 32.2. The van der Waals surface area contributed by atoms with Gasteiger partial charge in [0, 0.05) is 23.2 Å². The van der Waals surface area contributed by atoms with Crippen molar-refractivity contribution in [3.05, 3.63) is 60.9 Å². The first kappa shape index (κ1) is 16.3. The third-order valence-electron chi connectivity index (χ3n) is 3.53. The Morgan fingerprint density at radius 2 is 1.71 bits per heavy atom.